The van der Waals surface area contributed by atoms with E-state index < -0.39 is 0 Å². The van der Waals surface area contributed by atoms with Gasteiger partial charge in [0.15, 0.2) is 0 Å². The van der Waals surface area contributed by atoms with E-state index in [1.165, 1.54) is 4.57 Å². The first-order chi connectivity index (χ1) is 8.56. The van der Waals surface area contributed by atoms with Crippen molar-refractivity contribution < 1.29 is 4.79 Å². The van der Waals surface area contributed by atoms with Crippen LogP contribution in [0.25, 0.3) is 0 Å². The zero-order chi connectivity index (χ0) is 13.1. The smallest absolute Gasteiger partial charge is 0.307 e. The SMILES string of the molecule is Cc1ccc(NC(=O)Cn2ccsc2=O)c(N)c1. The molecule has 0 spiro atoms. The van der Waals surface area contributed by atoms with Crippen LogP contribution in [0.1, 0.15) is 5.56 Å². The number of amides is 1. The van der Waals surface area contributed by atoms with Crippen molar-refractivity contribution in [2.24, 2.45) is 0 Å². The highest BCUT2D eigenvalue weighted by Crippen LogP contribution is 2.19. The zero-order valence-corrected chi connectivity index (χ0v) is 10.7. The highest BCUT2D eigenvalue weighted by Gasteiger charge is 2.07. The second-order valence-electron chi connectivity index (χ2n) is 3.94. The molecule has 0 fully saturated rings. The molecule has 6 heteroatoms. The summed E-state index contributed by atoms with van der Waals surface area (Å²) in [5.74, 6) is -0.272. The molecule has 0 saturated heterocycles. The van der Waals surface area contributed by atoms with Gasteiger partial charge in [-0.3, -0.25) is 14.2 Å². The minimum Gasteiger partial charge on any atom is -0.397 e. The van der Waals surface area contributed by atoms with Crippen LogP contribution in [0.4, 0.5) is 11.4 Å². The van der Waals surface area contributed by atoms with Crippen molar-refractivity contribution in [3.8, 4) is 0 Å². The van der Waals surface area contributed by atoms with E-state index in [0.717, 1.165) is 16.9 Å². The molecule has 0 atom stereocenters. The molecule has 1 amide bonds. The molecule has 1 heterocycles. The van der Waals surface area contributed by atoms with Crippen LogP contribution < -0.4 is 15.9 Å². The van der Waals surface area contributed by atoms with Gasteiger partial charge in [0, 0.05) is 11.6 Å². The van der Waals surface area contributed by atoms with Crippen molar-refractivity contribution in [1.82, 2.24) is 4.57 Å². The number of carbonyl (C=O) groups excluding carboxylic acids is 1. The summed E-state index contributed by atoms with van der Waals surface area (Å²) < 4.78 is 1.35. The van der Waals surface area contributed by atoms with Crippen LogP contribution in [-0.2, 0) is 11.3 Å². The fourth-order valence-corrected chi connectivity index (χ4v) is 2.13. The van der Waals surface area contributed by atoms with E-state index in [9.17, 15) is 9.59 Å². The maximum absolute atomic E-state index is 11.7. The minimum atomic E-state index is -0.272. The predicted octanol–water partition coefficient (Wildman–Crippen LogP) is 1.44. The Morgan fingerprint density at radius 3 is 2.89 bits per heavy atom. The van der Waals surface area contributed by atoms with Gasteiger partial charge in [-0.2, -0.15) is 0 Å². The van der Waals surface area contributed by atoms with Crippen molar-refractivity contribution in [2.75, 3.05) is 11.1 Å². The van der Waals surface area contributed by atoms with Gasteiger partial charge in [0.25, 0.3) is 0 Å². The molecule has 0 saturated carbocycles. The molecule has 1 aromatic heterocycles. The maximum atomic E-state index is 11.7. The summed E-state index contributed by atoms with van der Waals surface area (Å²) in [6, 6.07) is 5.40. The molecule has 18 heavy (non-hydrogen) atoms. The summed E-state index contributed by atoms with van der Waals surface area (Å²) in [5.41, 5.74) is 7.90. The Morgan fingerprint density at radius 2 is 2.28 bits per heavy atom. The van der Waals surface area contributed by atoms with Gasteiger partial charge in [0.1, 0.15) is 6.54 Å². The molecular weight excluding hydrogens is 250 g/mol. The number of carbonyl (C=O) groups is 1. The van der Waals surface area contributed by atoms with Crippen LogP contribution in [0.15, 0.2) is 34.6 Å². The van der Waals surface area contributed by atoms with Gasteiger partial charge in [-0.05, 0) is 24.6 Å². The summed E-state index contributed by atoms with van der Waals surface area (Å²) in [7, 11) is 0. The highest BCUT2D eigenvalue weighted by atomic mass is 32.1. The molecule has 5 nitrogen and oxygen atoms in total. The lowest BCUT2D eigenvalue weighted by molar-refractivity contribution is -0.116. The Hall–Kier alpha value is -2.08. The minimum absolute atomic E-state index is 0.00432. The molecule has 2 aromatic rings. The number of benzene rings is 1. The normalized spacial score (nSPS) is 10.3. The Morgan fingerprint density at radius 1 is 1.50 bits per heavy atom. The number of rotatable bonds is 3. The van der Waals surface area contributed by atoms with E-state index in [4.69, 9.17) is 5.73 Å². The predicted molar refractivity (Wildman–Crippen MR) is 72.8 cm³/mol. The standard InChI is InChI=1S/C12H13N3O2S/c1-8-2-3-10(9(13)6-8)14-11(16)7-15-4-5-18-12(15)17/h2-6H,7,13H2,1H3,(H,14,16). The summed E-state index contributed by atoms with van der Waals surface area (Å²) in [6.45, 7) is 1.92. The van der Waals surface area contributed by atoms with E-state index in [1.807, 2.05) is 13.0 Å². The largest absolute Gasteiger partial charge is 0.397 e. The van der Waals surface area contributed by atoms with Crippen molar-refractivity contribution >= 4 is 28.6 Å². The Labute approximate surface area is 108 Å². The second-order valence-corrected chi connectivity index (χ2v) is 4.79. The lowest BCUT2D eigenvalue weighted by atomic mass is 10.2. The summed E-state index contributed by atoms with van der Waals surface area (Å²) in [4.78, 5) is 22.9. The van der Waals surface area contributed by atoms with Gasteiger partial charge in [-0.15, -0.1) is 0 Å². The fraction of sp³-hybridized carbons (Fsp3) is 0.167. The third-order valence-corrected chi connectivity index (χ3v) is 3.13. The molecule has 0 bridgehead atoms. The van der Waals surface area contributed by atoms with Gasteiger partial charge in [-0.1, -0.05) is 17.4 Å². The number of thiazole rings is 1. The van der Waals surface area contributed by atoms with Crippen LogP contribution in [-0.4, -0.2) is 10.5 Å². The van der Waals surface area contributed by atoms with E-state index >= 15 is 0 Å². The van der Waals surface area contributed by atoms with Gasteiger partial charge < -0.3 is 11.1 Å². The monoisotopic (exact) mass is 263 g/mol. The van der Waals surface area contributed by atoms with E-state index in [1.54, 1.807) is 23.7 Å². The summed E-state index contributed by atoms with van der Waals surface area (Å²) >= 11 is 1.06. The number of nitrogens with one attached hydrogen (secondary N) is 1. The molecule has 0 radical (unpaired) electrons. The van der Waals surface area contributed by atoms with Gasteiger partial charge in [0.2, 0.25) is 5.91 Å². The topological polar surface area (TPSA) is 77.1 Å². The Bertz CT molecular complexity index is 630. The first-order valence-electron chi connectivity index (χ1n) is 5.36. The van der Waals surface area contributed by atoms with Crippen LogP contribution in [0.3, 0.4) is 0 Å². The lowest BCUT2D eigenvalue weighted by Crippen LogP contribution is -2.24. The van der Waals surface area contributed by atoms with Crippen molar-refractivity contribution in [2.45, 2.75) is 13.5 Å². The molecule has 3 N–H and O–H groups in total. The van der Waals surface area contributed by atoms with Gasteiger partial charge in [0.05, 0.1) is 11.4 Å². The molecular formula is C12H13N3O2S. The first kappa shape index (κ1) is 12.4. The molecule has 94 valence electrons. The number of nitrogen functional groups attached to an aromatic ring is 1. The number of anilines is 2. The van der Waals surface area contributed by atoms with Crippen LogP contribution >= 0.6 is 11.3 Å². The van der Waals surface area contributed by atoms with Crippen molar-refractivity contribution in [1.29, 1.82) is 0 Å². The van der Waals surface area contributed by atoms with Crippen molar-refractivity contribution in [3.05, 3.63) is 45.0 Å². The zero-order valence-electron chi connectivity index (χ0n) is 9.84. The Kier molecular flexibility index (Phi) is 3.47. The number of nitrogens with two attached hydrogens (primary N) is 1. The summed E-state index contributed by atoms with van der Waals surface area (Å²) in [5, 5.41) is 4.33. The molecule has 0 aliphatic carbocycles. The van der Waals surface area contributed by atoms with Crippen LogP contribution in [0, 0.1) is 6.92 Å². The first-order valence-corrected chi connectivity index (χ1v) is 6.24. The Balaban J connectivity index is 2.08. The summed E-state index contributed by atoms with van der Waals surface area (Å²) in [6.07, 6.45) is 1.59. The molecule has 0 aliphatic rings. The number of aryl methyl sites for hydroxylation is 1. The lowest BCUT2D eigenvalue weighted by Gasteiger charge is -2.08. The van der Waals surface area contributed by atoms with Gasteiger partial charge >= 0.3 is 4.87 Å². The molecule has 2 rings (SSSR count). The number of hydrogen-bond donors (Lipinski definition) is 2. The van der Waals surface area contributed by atoms with Crippen molar-refractivity contribution in [3.63, 3.8) is 0 Å². The number of aromatic nitrogens is 1. The van der Waals surface area contributed by atoms with Crippen LogP contribution in [0.2, 0.25) is 0 Å². The molecule has 0 unspecified atom stereocenters. The van der Waals surface area contributed by atoms with E-state index in [0.29, 0.717) is 11.4 Å². The van der Waals surface area contributed by atoms with E-state index in [2.05, 4.69) is 5.32 Å². The van der Waals surface area contributed by atoms with E-state index in [-0.39, 0.29) is 17.3 Å². The third-order valence-electron chi connectivity index (χ3n) is 2.44. The second kappa shape index (κ2) is 5.05. The van der Waals surface area contributed by atoms with Gasteiger partial charge in [-0.25, -0.2) is 0 Å². The maximum Gasteiger partial charge on any atom is 0.307 e. The number of nitrogens with zero attached hydrogens (tertiary/aromatic N) is 1. The quantitative estimate of drug-likeness (QED) is 0.823. The molecule has 1 aromatic carbocycles. The average Bonchev–Trinajstić information content (AvgIpc) is 2.69. The van der Waals surface area contributed by atoms with Crippen LogP contribution in [0.5, 0.6) is 0 Å². The average molecular weight is 263 g/mol. The highest BCUT2D eigenvalue weighted by molar-refractivity contribution is 7.07. The fourth-order valence-electron chi connectivity index (χ4n) is 1.55. The molecule has 0 aliphatic heterocycles. The number of hydrogen-bond acceptors (Lipinski definition) is 4. The third kappa shape index (κ3) is 2.78.